The van der Waals surface area contributed by atoms with Crippen LogP contribution in [0.3, 0.4) is 0 Å². The first kappa shape index (κ1) is 20.6. The van der Waals surface area contributed by atoms with Crippen LogP contribution in [0.4, 0.5) is 5.13 Å². The van der Waals surface area contributed by atoms with Crippen molar-refractivity contribution in [3.8, 4) is 32.6 Å². The molecule has 5 aromatic rings. The minimum atomic E-state index is -0.190. The maximum Gasteiger partial charge on any atom is 0.267 e. The molecule has 3 heterocycles. The van der Waals surface area contributed by atoms with E-state index < -0.39 is 0 Å². The third kappa shape index (κ3) is 3.97. The van der Waals surface area contributed by atoms with Gasteiger partial charge in [-0.3, -0.25) is 10.1 Å². The van der Waals surface area contributed by atoms with Crippen molar-refractivity contribution in [2.24, 2.45) is 0 Å². The van der Waals surface area contributed by atoms with Crippen LogP contribution in [-0.2, 0) is 0 Å². The molecule has 0 aliphatic rings. The van der Waals surface area contributed by atoms with Crippen LogP contribution >= 0.6 is 34.0 Å². The predicted octanol–water partition coefficient (Wildman–Crippen LogP) is 6.42. The SMILES string of the molecule is COc1ccc(-c2csc(NC(=O)c3ccc(-c4nc5ccccc5s4)s3)n2)c(OC)c1. The number of carbonyl (C=O) groups excluding carboxylic acids is 1. The molecule has 2 aromatic carbocycles. The number of fused-ring (bicyclic) bond motifs is 1. The minimum Gasteiger partial charge on any atom is -0.497 e. The number of carbonyl (C=O) groups is 1. The fourth-order valence-corrected chi connectivity index (χ4v) is 5.80. The average molecular weight is 480 g/mol. The highest BCUT2D eigenvalue weighted by molar-refractivity contribution is 7.26. The van der Waals surface area contributed by atoms with Crippen molar-refractivity contribution >= 4 is 55.3 Å². The summed E-state index contributed by atoms with van der Waals surface area (Å²) in [6.07, 6.45) is 0. The maximum absolute atomic E-state index is 12.8. The monoisotopic (exact) mass is 479 g/mol. The molecule has 0 saturated carbocycles. The van der Waals surface area contributed by atoms with Crippen LogP contribution < -0.4 is 14.8 Å². The first-order valence-electron chi connectivity index (χ1n) is 9.59. The standard InChI is InChI=1S/C23H17N3O3S3/c1-28-13-7-8-14(17(11-13)29-2)16-12-30-23(25-16)26-21(27)19-9-10-20(31-19)22-24-15-5-3-4-6-18(15)32-22/h3-12H,1-2H3,(H,25,26,27). The van der Waals surface area contributed by atoms with Crippen molar-refractivity contribution in [3.05, 3.63) is 64.9 Å². The van der Waals surface area contributed by atoms with E-state index in [0.29, 0.717) is 21.5 Å². The van der Waals surface area contributed by atoms with E-state index in [9.17, 15) is 4.79 Å². The van der Waals surface area contributed by atoms with Crippen molar-refractivity contribution in [2.75, 3.05) is 19.5 Å². The molecule has 0 bridgehead atoms. The van der Waals surface area contributed by atoms with Gasteiger partial charge in [0.1, 0.15) is 16.5 Å². The summed E-state index contributed by atoms with van der Waals surface area (Å²) < 4.78 is 11.8. The molecule has 0 atom stereocenters. The molecule has 0 unspecified atom stereocenters. The minimum absolute atomic E-state index is 0.190. The van der Waals surface area contributed by atoms with Crippen molar-refractivity contribution < 1.29 is 14.3 Å². The molecule has 0 radical (unpaired) electrons. The number of benzene rings is 2. The van der Waals surface area contributed by atoms with E-state index in [4.69, 9.17) is 9.47 Å². The smallest absolute Gasteiger partial charge is 0.267 e. The summed E-state index contributed by atoms with van der Waals surface area (Å²) in [7, 11) is 3.21. The van der Waals surface area contributed by atoms with Crippen LogP contribution in [0.25, 0.3) is 31.4 Å². The second-order valence-corrected chi connectivity index (χ2v) is 9.68. The maximum atomic E-state index is 12.8. The van der Waals surface area contributed by atoms with Crippen LogP contribution in [-0.4, -0.2) is 30.1 Å². The Bertz CT molecular complexity index is 1390. The van der Waals surface area contributed by atoms with Crippen LogP contribution in [0.15, 0.2) is 60.0 Å². The Morgan fingerprint density at radius 3 is 2.66 bits per heavy atom. The molecule has 0 spiro atoms. The number of nitrogens with one attached hydrogen (secondary N) is 1. The lowest BCUT2D eigenvalue weighted by Gasteiger charge is -2.08. The normalized spacial score (nSPS) is 10.9. The fraction of sp³-hybridized carbons (Fsp3) is 0.0870. The van der Waals surface area contributed by atoms with Crippen molar-refractivity contribution in [1.82, 2.24) is 9.97 Å². The molecule has 160 valence electrons. The van der Waals surface area contributed by atoms with Gasteiger partial charge in [0.2, 0.25) is 0 Å². The zero-order valence-electron chi connectivity index (χ0n) is 17.1. The number of nitrogens with zero attached hydrogens (tertiary/aromatic N) is 2. The van der Waals surface area contributed by atoms with Gasteiger partial charge in [0.25, 0.3) is 5.91 Å². The molecular weight excluding hydrogens is 462 g/mol. The molecule has 3 aromatic heterocycles. The summed E-state index contributed by atoms with van der Waals surface area (Å²) in [5.74, 6) is 1.17. The topological polar surface area (TPSA) is 73.3 Å². The van der Waals surface area contributed by atoms with E-state index in [2.05, 4.69) is 21.4 Å². The van der Waals surface area contributed by atoms with E-state index in [1.54, 1.807) is 25.6 Å². The van der Waals surface area contributed by atoms with E-state index in [0.717, 1.165) is 31.4 Å². The Hall–Kier alpha value is -3.27. The van der Waals surface area contributed by atoms with Gasteiger partial charge in [-0.05, 0) is 36.4 Å². The first-order valence-corrected chi connectivity index (χ1v) is 12.1. The summed E-state index contributed by atoms with van der Waals surface area (Å²) in [6, 6.07) is 17.3. The van der Waals surface area contributed by atoms with E-state index in [1.807, 2.05) is 53.9 Å². The number of aromatic nitrogens is 2. The molecular formula is C23H17N3O3S3. The molecule has 1 amide bonds. The third-order valence-electron chi connectivity index (χ3n) is 4.74. The lowest BCUT2D eigenvalue weighted by Crippen LogP contribution is -2.09. The zero-order chi connectivity index (χ0) is 22.1. The van der Waals surface area contributed by atoms with Gasteiger partial charge in [0, 0.05) is 17.0 Å². The second-order valence-electron chi connectivity index (χ2n) is 6.71. The summed E-state index contributed by atoms with van der Waals surface area (Å²) in [6.45, 7) is 0. The van der Waals surface area contributed by atoms with Gasteiger partial charge in [0.05, 0.1) is 39.9 Å². The number of methoxy groups -OCH3 is 2. The first-order chi connectivity index (χ1) is 15.6. The third-order valence-corrected chi connectivity index (χ3v) is 7.79. The Kier molecular flexibility index (Phi) is 5.60. The second kappa shape index (κ2) is 8.70. The summed E-state index contributed by atoms with van der Waals surface area (Å²) in [4.78, 5) is 23.6. The largest absolute Gasteiger partial charge is 0.497 e. The molecule has 0 fully saturated rings. The highest BCUT2D eigenvalue weighted by atomic mass is 32.1. The van der Waals surface area contributed by atoms with Crippen LogP contribution in [0, 0.1) is 0 Å². The number of thiazole rings is 2. The van der Waals surface area contributed by atoms with Crippen molar-refractivity contribution in [3.63, 3.8) is 0 Å². The van der Waals surface area contributed by atoms with Crippen molar-refractivity contribution in [2.45, 2.75) is 0 Å². The number of anilines is 1. The molecule has 6 nitrogen and oxygen atoms in total. The van der Waals surface area contributed by atoms with Gasteiger partial charge in [-0.25, -0.2) is 9.97 Å². The predicted molar refractivity (Wildman–Crippen MR) is 132 cm³/mol. The van der Waals surface area contributed by atoms with Gasteiger partial charge in [-0.1, -0.05) is 12.1 Å². The lowest BCUT2D eigenvalue weighted by molar-refractivity contribution is 0.103. The van der Waals surface area contributed by atoms with E-state index in [1.165, 1.54) is 22.7 Å². The van der Waals surface area contributed by atoms with Gasteiger partial charge in [-0.2, -0.15) is 0 Å². The molecule has 5 rings (SSSR count). The summed E-state index contributed by atoms with van der Waals surface area (Å²) in [5.41, 5.74) is 2.53. The number of thiophene rings is 1. The molecule has 32 heavy (non-hydrogen) atoms. The van der Waals surface area contributed by atoms with Gasteiger partial charge < -0.3 is 9.47 Å². The van der Waals surface area contributed by atoms with Gasteiger partial charge >= 0.3 is 0 Å². The quantitative estimate of drug-likeness (QED) is 0.304. The highest BCUT2D eigenvalue weighted by Crippen LogP contribution is 2.36. The number of para-hydroxylation sites is 1. The molecule has 0 saturated heterocycles. The lowest BCUT2D eigenvalue weighted by atomic mass is 10.1. The van der Waals surface area contributed by atoms with Gasteiger partial charge in [0.15, 0.2) is 5.13 Å². The Balaban J connectivity index is 1.34. The van der Waals surface area contributed by atoms with Crippen molar-refractivity contribution in [1.29, 1.82) is 0 Å². The number of hydrogen-bond donors (Lipinski definition) is 1. The highest BCUT2D eigenvalue weighted by Gasteiger charge is 2.16. The molecule has 9 heteroatoms. The van der Waals surface area contributed by atoms with Crippen LogP contribution in [0.2, 0.25) is 0 Å². The summed E-state index contributed by atoms with van der Waals surface area (Å²) >= 11 is 4.41. The number of rotatable bonds is 6. The van der Waals surface area contributed by atoms with Crippen LogP contribution in [0.1, 0.15) is 9.67 Å². The van der Waals surface area contributed by atoms with Crippen LogP contribution in [0.5, 0.6) is 11.5 Å². The van der Waals surface area contributed by atoms with E-state index in [-0.39, 0.29) is 5.91 Å². The van der Waals surface area contributed by atoms with Gasteiger partial charge in [-0.15, -0.1) is 34.0 Å². The molecule has 0 aliphatic heterocycles. The Labute approximate surface area is 196 Å². The Morgan fingerprint density at radius 2 is 1.84 bits per heavy atom. The number of amides is 1. The number of ether oxygens (including phenoxy) is 2. The average Bonchev–Trinajstić information content (AvgIpc) is 3.57. The molecule has 0 aliphatic carbocycles. The summed E-state index contributed by atoms with van der Waals surface area (Å²) in [5, 5.41) is 6.23. The van der Waals surface area contributed by atoms with E-state index >= 15 is 0 Å². The zero-order valence-corrected chi connectivity index (χ0v) is 19.6. The molecule has 1 N–H and O–H groups in total. The Morgan fingerprint density at radius 1 is 0.969 bits per heavy atom. The fourth-order valence-electron chi connectivity index (χ4n) is 3.18. The number of hydrogen-bond acceptors (Lipinski definition) is 8.